The Kier molecular flexibility index (Phi) is 6.05. The van der Waals surface area contributed by atoms with E-state index in [1.807, 2.05) is 0 Å². The number of hydrogen-bond donors (Lipinski definition) is 0. The van der Waals surface area contributed by atoms with Crippen LogP contribution in [0.15, 0.2) is 0 Å². The van der Waals surface area contributed by atoms with E-state index in [0.717, 1.165) is 6.04 Å². The maximum absolute atomic E-state index is 3.47. The zero-order valence-corrected chi connectivity index (χ0v) is 10.4. The topological polar surface area (TPSA) is 3.24 Å². The summed E-state index contributed by atoms with van der Waals surface area (Å²) < 4.78 is 0. The van der Waals surface area contributed by atoms with Crippen molar-refractivity contribution in [3.63, 3.8) is 0 Å². The van der Waals surface area contributed by atoms with Crippen LogP contribution in [0.5, 0.6) is 0 Å². The number of rotatable bonds is 6. The molecule has 0 N–H and O–H groups in total. The fourth-order valence-electron chi connectivity index (χ4n) is 2.16. The molecule has 0 aromatic rings. The highest BCUT2D eigenvalue weighted by Crippen LogP contribution is 2.22. The molecule has 0 atom stereocenters. The van der Waals surface area contributed by atoms with Gasteiger partial charge in [-0.3, -0.25) is 0 Å². The van der Waals surface area contributed by atoms with Crippen LogP contribution in [0, 0.1) is 0 Å². The van der Waals surface area contributed by atoms with Crippen molar-refractivity contribution in [1.29, 1.82) is 0 Å². The van der Waals surface area contributed by atoms with Crippen molar-refractivity contribution in [2.75, 3.05) is 18.9 Å². The van der Waals surface area contributed by atoms with Crippen molar-refractivity contribution in [3.8, 4) is 0 Å². The monoisotopic (exact) mass is 247 g/mol. The van der Waals surface area contributed by atoms with Gasteiger partial charge >= 0.3 is 0 Å². The van der Waals surface area contributed by atoms with Crippen molar-refractivity contribution >= 4 is 15.9 Å². The molecule has 0 radical (unpaired) electrons. The first-order valence-corrected chi connectivity index (χ1v) is 6.73. The zero-order chi connectivity index (χ0) is 9.52. The molecule has 0 aliphatic heterocycles. The van der Waals surface area contributed by atoms with E-state index < -0.39 is 0 Å². The molecule has 13 heavy (non-hydrogen) atoms. The van der Waals surface area contributed by atoms with E-state index in [1.165, 1.54) is 56.8 Å². The molecule has 0 spiro atoms. The van der Waals surface area contributed by atoms with Gasteiger partial charge in [0, 0.05) is 11.4 Å². The molecule has 1 aliphatic rings. The third kappa shape index (κ3) is 4.46. The Hall–Kier alpha value is 0.440. The Bertz CT molecular complexity index is 121. The molecule has 78 valence electrons. The minimum Gasteiger partial charge on any atom is -0.303 e. The highest BCUT2D eigenvalue weighted by molar-refractivity contribution is 9.09. The molecule has 0 amide bonds. The Morgan fingerprint density at radius 3 is 2.46 bits per heavy atom. The quantitative estimate of drug-likeness (QED) is 0.514. The van der Waals surface area contributed by atoms with Gasteiger partial charge in [0.2, 0.25) is 0 Å². The number of halogens is 1. The minimum absolute atomic E-state index is 0.906. The average molecular weight is 248 g/mol. The van der Waals surface area contributed by atoms with Gasteiger partial charge in [-0.05, 0) is 39.3 Å². The third-order valence-corrected chi connectivity index (χ3v) is 3.65. The molecule has 1 fully saturated rings. The van der Waals surface area contributed by atoms with Gasteiger partial charge in [-0.1, -0.05) is 35.2 Å². The second kappa shape index (κ2) is 6.83. The van der Waals surface area contributed by atoms with E-state index in [4.69, 9.17) is 0 Å². The van der Waals surface area contributed by atoms with Crippen LogP contribution in [0.3, 0.4) is 0 Å². The van der Waals surface area contributed by atoms with Gasteiger partial charge in [0.1, 0.15) is 0 Å². The Labute approximate surface area is 91.0 Å². The summed E-state index contributed by atoms with van der Waals surface area (Å²) in [6, 6.07) is 0.906. The minimum atomic E-state index is 0.906. The van der Waals surface area contributed by atoms with Crippen molar-refractivity contribution < 1.29 is 0 Å². The van der Waals surface area contributed by atoms with E-state index in [9.17, 15) is 0 Å². The van der Waals surface area contributed by atoms with Crippen molar-refractivity contribution in [2.24, 2.45) is 0 Å². The first-order valence-electron chi connectivity index (χ1n) is 5.61. The summed E-state index contributed by atoms with van der Waals surface area (Å²) in [5, 5.41) is 1.17. The molecule has 0 aromatic heterocycles. The number of nitrogens with zero attached hydrogens (tertiary/aromatic N) is 1. The lowest BCUT2D eigenvalue weighted by atomic mass is 10.2. The summed E-state index contributed by atoms with van der Waals surface area (Å²) in [6.45, 7) is 1.30. The normalized spacial score (nSPS) is 18.7. The molecule has 0 heterocycles. The second-order valence-electron chi connectivity index (χ2n) is 4.17. The largest absolute Gasteiger partial charge is 0.303 e. The van der Waals surface area contributed by atoms with Crippen LogP contribution in [0.2, 0.25) is 0 Å². The molecule has 1 nitrogen and oxygen atoms in total. The van der Waals surface area contributed by atoms with Gasteiger partial charge in [-0.25, -0.2) is 0 Å². The molecule has 0 bridgehead atoms. The number of hydrogen-bond acceptors (Lipinski definition) is 1. The summed E-state index contributed by atoms with van der Waals surface area (Å²) >= 11 is 3.47. The van der Waals surface area contributed by atoms with Crippen molar-refractivity contribution in [2.45, 2.75) is 51.0 Å². The van der Waals surface area contributed by atoms with Crippen LogP contribution in [-0.4, -0.2) is 29.9 Å². The Morgan fingerprint density at radius 1 is 1.15 bits per heavy atom. The van der Waals surface area contributed by atoms with E-state index in [1.54, 1.807) is 0 Å². The van der Waals surface area contributed by atoms with Crippen LogP contribution in [0.1, 0.15) is 44.9 Å². The van der Waals surface area contributed by atoms with Crippen LogP contribution in [0.25, 0.3) is 0 Å². The highest BCUT2D eigenvalue weighted by Gasteiger charge is 2.18. The average Bonchev–Trinajstić information content (AvgIpc) is 2.65. The van der Waals surface area contributed by atoms with Gasteiger partial charge < -0.3 is 4.90 Å². The highest BCUT2D eigenvalue weighted by atomic mass is 79.9. The predicted molar refractivity (Wildman–Crippen MR) is 62.5 cm³/mol. The van der Waals surface area contributed by atoms with E-state index in [0.29, 0.717) is 0 Å². The summed E-state index contributed by atoms with van der Waals surface area (Å²) in [4.78, 5) is 2.57. The second-order valence-corrected chi connectivity index (χ2v) is 4.96. The van der Waals surface area contributed by atoms with Crippen LogP contribution in [0.4, 0.5) is 0 Å². The van der Waals surface area contributed by atoms with Gasteiger partial charge in [-0.15, -0.1) is 0 Å². The van der Waals surface area contributed by atoms with E-state index in [2.05, 4.69) is 27.9 Å². The Balaban J connectivity index is 1.99. The van der Waals surface area contributed by atoms with E-state index in [-0.39, 0.29) is 0 Å². The van der Waals surface area contributed by atoms with Gasteiger partial charge in [0.25, 0.3) is 0 Å². The maximum atomic E-state index is 3.47. The molecular weight excluding hydrogens is 226 g/mol. The molecule has 2 heteroatoms. The van der Waals surface area contributed by atoms with Crippen LogP contribution >= 0.6 is 15.9 Å². The summed E-state index contributed by atoms with van der Waals surface area (Å²) in [6.07, 6.45) is 9.87. The lowest BCUT2D eigenvalue weighted by Crippen LogP contribution is -2.29. The first kappa shape index (κ1) is 11.5. The number of alkyl halides is 1. The summed E-state index contributed by atoms with van der Waals surface area (Å²) in [5.41, 5.74) is 0. The zero-order valence-electron chi connectivity index (χ0n) is 8.77. The standard InChI is InChI=1S/C11H22BrN/c1-13(10-6-2-5-9-12)11-7-3-4-8-11/h11H,2-10H2,1H3. The molecule has 0 unspecified atom stereocenters. The summed E-state index contributed by atoms with van der Waals surface area (Å²) in [5.74, 6) is 0. The lowest BCUT2D eigenvalue weighted by Gasteiger charge is -2.23. The molecule has 0 saturated heterocycles. The van der Waals surface area contributed by atoms with Gasteiger partial charge in [0.05, 0.1) is 0 Å². The number of unbranched alkanes of at least 4 members (excludes halogenated alkanes) is 2. The van der Waals surface area contributed by atoms with Crippen LogP contribution in [-0.2, 0) is 0 Å². The van der Waals surface area contributed by atoms with Crippen molar-refractivity contribution in [1.82, 2.24) is 4.90 Å². The predicted octanol–water partition coefficient (Wildman–Crippen LogP) is 3.43. The SMILES string of the molecule is CN(CCCCCBr)C1CCCC1. The van der Waals surface area contributed by atoms with Crippen molar-refractivity contribution in [3.05, 3.63) is 0 Å². The summed E-state index contributed by atoms with van der Waals surface area (Å²) in [7, 11) is 2.30. The molecule has 1 aliphatic carbocycles. The third-order valence-electron chi connectivity index (χ3n) is 3.09. The van der Waals surface area contributed by atoms with E-state index >= 15 is 0 Å². The maximum Gasteiger partial charge on any atom is 0.00922 e. The molecule has 1 saturated carbocycles. The Morgan fingerprint density at radius 2 is 1.85 bits per heavy atom. The van der Waals surface area contributed by atoms with Gasteiger partial charge in [0.15, 0.2) is 0 Å². The van der Waals surface area contributed by atoms with Gasteiger partial charge in [-0.2, -0.15) is 0 Å². The lowest BCUT2D eigenvalue weighted by molar-refractivity contribution is 0.241. The smallest absolute Gasteiger partial charge is 0.00922 e. The molecular formula is C11H22BrN. The molecule has 0 aromatic carbocycles. The fraction of sp³-hybridized carbons (Fsp3) is 1.00. The first-order chi connectivity index (χ1) is 6.34. The molecule has 1 rings (SSSR count). The fourth-order valence-corrected chi connectivity index (χ4v) is 2.56. The van der Waals surface area contributed by atoms with Crippen LogP contribution < -0.4 is 0 Å².